The summed E-state index contributed by atoms with van der Waals surface area (Å²) in [5, 5.41) is 0. The molecule has 0 saturated carbocycles. The maximum Gasteiger partial charge on any atom is 0.484 e. The van der Waals surface area contributed by atoms with E-state index in [0.717, 1.165) is 26.2 Å². The summed E-state index contributed by atoms with van der Waals surface area (Å²) in [6.07, 6.45) is -0.263. The molecule has 0 radical (unpaired) electrons. The SMILES string of the molecule is O=P12OC3N4CCN(CC4)C3(O1)O2. The first kappa shape index (κ1) is 7.34. The quantitative estimate of drug-likeness (QED) is 0.508. The molecule has 6 aliphatic rings. The van der Waals surface area contributed by atoms with Crippen LogP contribution in [0.2, 0.25) is 0 Å². The molecule has 0 aliphatic carbocycles. The summed E-state index contributed by atoms with van der Waals surface area (Å²) in [7, 11) is -3.13. The molecule has 13 heavy (non-hydrogen) atoms. The van der Waals surface area contributed by atoms with E-state index in [4.69, 9.17) is 13.6 Å². The van der Waals surface area contributed by atoms with Crippen molar-refractivity contribution in [2.45, 2.75) is 12.1 Å². The highest BCUT2D eigenvalue weighted by Gasteiger charge is 2.77. The summed E-state index contributed by atoms with van der Waals surface area (Å²) >= 11 is 0. The fourth-order valence-corrected chi connectivity index (χ4v) is 4.15. The van der Waals surface area contributed by atoms with E-state index in [-0.39, 0.29) is 6.23 Å². The van der Waals surface area contributed by atoms with Gasteiger partial charge < -0.3 is 0 Å². The minimum Gasteiger partial charge on any atom is -0.269 e. The third-order valence-corrected chi connectivity index (χ3v) is 4.54. The lowest BCUT2D eigenvalue weighted by atomic mass is 10.1. The van der Waals surface area contributed by atoms with Crippen LogP contribution < -0.4 is 0 Å². The Balaban J connectivity index is 1.84. The summed E-state index contributed by atoms with van der Waals surface area (Å²) in [6, 6.07) is 0. The zero-order valence-corrected chi connectivity index (χ0v) is 7.77. The van der Waals surface area contributed by atoms with E-state index in [0.29, 0.717) is 0 Å². The van der Waals surface area contributed by atoms with Crippen molar-refractivity contribution in [3.63, 3.8) is 0 Å². The Morgan fingerprint density at radius 2 is 1.92 bits per heavy atom. The molecule has 0 aromatic heterocycles. The van der Waals surface area contributed by atoms with Crippen LogP contribution >= 0.6 is 7.82 Å². The zero-order chi connectivity index (χ0) is 8.68. The molecule has 6 nitrogen and oxygen atoms in total. The van der Waals surface area contributed by atoms with Crippen molar-refractivity contribution < 1.29 is 18.1 Å². The normalized spacial score (nSPS) is 67.5. The summed E-state index contributed by atoms with van der Waals surface area (Å²) in [5.41, 5.74) is 0. The molecule has 7 heteroatoms. The van der Waals surface area contributed by atoms with Gasteiger partial charge in [-0.15, -0.1) is 0 Å². The van der Waals surface area contributed by atoms with Crippen LogP contribution in [0, 0.1) is 0 Å². The summed E-state index contributed by atoms with van der Waals surface area (Å²) in [6.45, 7) is 3.69. The van der Waals surface area contributed by atoms with Gasteiger partial charge in [0.2, 0.25) is 0 Å². The Bertz CT molecular complexity index is 308. The van der Waals surface area contributed by atoms with E-state index in [9.17, 15) is 4.57 Å². The first-order chi connectivity index (χ1) is 6.22. The van der Waals surface area contributed by atoms with Crippen LogP contribution in [0.5, 0.6) is 0 Å². The Kier molecular flexibility index (Phi) is 1.05. The zero-order valence-electron chi connectivity index (χ0n) is 6.88. The van der Waals surface area contributed by atoms with Gasteiger partial charge in [0.15, 0.2) is 6.23 Å². The highest BCUT2D eigenvalue weighted by molar-refractivity contribution is 7.50. The summed E-state index contributed by atoms with van der Waals surface area (Å²) in [4.78, 5) is 4.20. The average Bonchev–Trinajstić information content (AvgIpc) is 2.56. The van der Waals surface area contributed by atoms with Gasteiger partial charge in [0.05, 0.1) is 0 Å². The molecule has 1 atom stereocenters. The second-order valence-electron chi connectivity index (χ2n) is 3.74. The van der Waals surface area contributed by atoms with E-state index >= 15 is 0 Å². The number of hydrogen-bond acceptors (Lipinski definition) is 6. The lowest BCUT2D eigenvalue weighted by molar-refractivity contribution is -0.334. The van der Waals surface area contributed by atoms with Gasteiger partial charge in [0.1, 0.15) is 0 Å². The summed E-state index contributed by atoms with van der Waals surface area (Å²) < 4.78 is 27.2. The van der Waals surface area contributed by atoms with Crippen LogP contribution in [-0.4, -0.2) is 48.1 Å². The van der Waals surface area contributed by atoms with Crippen LogP contribution in [0.3, 0.4) is 0 Å². The highest BCUT2D eigenvalue weighted by Crippen LogP contribution is 2.76. The van der Waals surface area contributed by atoms with Crippen LogP contribution in [0.15, 0.2) is 0 Å². The van der Waals surface area contributed by atoms with Crippen LogP contribution in [0.25, 0.3) is 0 Å². The molecule has 6 aliphatic heterocycles. The summed E-state index contributed by atoms with van der Waals surface area (Å²) in [5.74, 6) is -0.813. The molecular weight excluding hydrogens is 195 g/mol. The molecule has 4 bridgehead atoms. The van der Waals surface area contributed by atoms with E-state index in [1.54, 1.807) is 0 Å². The second-order valence-corrected chi connectivity index (χ2v) is 5.21. The van der Waals surface area contributed by atoms with Crippen LogP contribution in [0.1, 0.15) is 0 Å². The fraction of sp³-hybridized carbons (Fsp3) is 1.00. The molecule has 6 fully saturated rings. The minimum atomic E-state index is -3.13. The van der Waals surface area contributed by atoms with Gasteiger partial charge in [-0.1, -0.05) is 0 Å². The lowest BCUT2D eigenvalue weighted by Gasteiger charge is -2.54. The number of nitrogens with zero attached hydrogens (tertiary/aromatic N) is 2. The molecule has 6 rings (SSSR count). The van der Waals surface area contributed by atoms with Crippen molar-refractivity contribution in [1.29, 1.82) is 0 Å². The Hall–Kier alpha value is 0.0300. The first-order valence-corrected chi connectivity index (χ1v) is 5.87. The Labute approximate surface area is 75.0 Å². The van der Waals surface area contributed by atoms with E-state index in [2.05, 4.69) is 9.80 Å². The maximum atomic E-state index is 11.4. The number of phosphoric ester groups is 1. The Morgan fingerprint density at radius 1 is 1.23 bits per heavy atom. The number of hydrogen-bond donors (Lipinski definition) is 0. The second kappa shape index (κ2) is 1.86. The topological polar surface area (TPSA) is 51.2 Å². The van der Waals surface area contributed by atoms with Gasteiger partial charge >= 0.3 is 7.82 Å². The van der Waals surface area contributed by atoms with Gasteiger partial charge in [-0.25, -0.2) is 18.5 Å². The molecule has 6 saturated heterocycles. The lowest BCUT2D eigenvalue weighted by Crippen LogP contribution is -2.73. The van der Waals surface area contributed by atoms with Crippen molar-refractivity contribution in [3.8, 4) is 0 Å². The molecule has 72 valence electrons. The van der Waals surface area contributed by atoms with Gasteiger partial charge in [-0.05, 0) is 0 Å². The van der Waals surface area contributed by atoms with Crippen LogP contribution in [0.4, 0.5) is 0 Å². The number of rotatable bonds is 0. The van der Waals surface area contributed by atoms with E-state index < -0.39 is 13.7 Å². The van der Waals surface area contributed by atoms with Gasteiger partial charge in [0, 0.05) is 26.2 Å². The first-order valence-electron chi connectivity index (χ1n) is 4.41. The largest absolute Gasteiger partial charge is 0.484 e. The van der Waals surface area contributed by atoms with Gasteiger partial charge in [-0.2, -0.15) is 0 Å². The molecule has 0 amide bonds. The minimum absolute atomic E-state index is 0.263. The van der Waals surface area contributed by atoms with E-state index in [1.807, 2.05) is 0 Å². The fourth-order valence-electron chi connectivity index (χ4n) is 2.49. The van der Waals surface area contributed by atoms with Crippen molar-refractivity contribution in [3.05, 3.63) is 0 Å². The molecule has 6 heterocycles. The highest BCUT2D eigenvalue weighted by atomic mass is 31.2. The molecular formula is C6H9N2O4P. The number of fused-ring (bicyclic) bond motifs is 2. The maximum absolute atomic E-state index is 11.4. The van der Waals surface area contributed by atoms with Crippen molar-refractivity contribution in [2.75, 3.05) is 26.2 Å². The predicted molar refractivity (Wildman–Crippen MR) is 40.5 cm³/mol. The van der Waals surface area contributed by atoms with Crippen molar-refractivity contribution in [1.82, 2.24) is 9.80 Å². The molecule has 1 spiro atoms. The Morgan fingerprint density at radius 3 is 2.54 bits per heavy atom. The monoisotopic (exact) mass is 204 g/mol. The van der Waals surface area contributed by atoms with Crippen molar-refractivity contribution >= 4 is 7.82 Å². The standard InChI is InChI=1S/C6H9N2O4P/c9-13-10-5-6(11-13,12-13)8-3-1-7(5)2-4-8/h5H,1-4H2. The molecule has 1 unspecified atom stereocenters. The van der Waals surface area contributed by atoms with Gasteiger partial charge in [-0.3, -0.25) is 9.42 Å². The van der Waals surface area contributed by atoms with Gasteiger partial charge in [0.25, 0.3) is 5.91 Å². The third-order valence-electron chi connectivity index (χ3n) is 3.11. The average molecular weight is 204 g/mol. The predicted octanol–water partition coefficient (Wildman–Crippen LogP) is -0.217. The number of phosphoric acid groups is 1. The molecule has 0 N–H and O–H groups in total. The van der Waals surface area contributed by atoms with Crippen LogP contribution in [-0.2, 0) is 18.1 Å². The number of piperazine rings is 3. The molecule has 0 aromatic rings. The third kappa shape index (κ3) is 0.654. The van der Waals surface area contributed by atoms with E-state index in [1.165, 1.54) is 0 Å². The molecule has 0 aromatic carbocycles. The van der Waals surface area contributed by atoms with Crippen molar-refractivity contribution in [2.24, 2.45) is 0 Å². The smallest absolute Gasteiger partial charge is 0.269 e.